The van der Waals surface area contributed by atoms with Gasteiger partial charge in [-0.2, -0.15) is 5.10 Å². The van der Waals surface area contributed by atoms with Gasteiger partial charge in [0.2, 0.25) is 11.8 Å². The fourth-order valence-electron chi connectivity index (χ4n) is 3.37. The van der Waals surface area contributed by atoms with Gasteiger partial charge in [-0.25, -0.2) is 9.67 Å². The lowest BCUT2D eigenvalue weighted by Gasteiger charge is -2.17. The number of nitrogens with one attached hydrogen (secondary N) is 1. The number of aromatic nitrogens is 3. The van der Waals surface area contributed by atoms with Crippen LogP contribution in [0.3, 0.4) is 0 Å². The van der Waals surface area contributed by atoms with Gasteiger partial charge in [0.25, 0.3) is 0 Å². The van der Waals surface area contributed by atoms with Crippen LogP contribution < -0.4 is 5.32 Å². The van der Waals surface area contributed by atoms with Gasteiger partial charge in [-0.15, -0.1) is 0 Å². The molecule has 0 aliphatic carbocycles. The molecule has 2 heterocycles. The van der Waals surface area contributed by atoms with Gasteiger partial charge in [0, 0.05) is 30.2 Å². The Kier molecular flexibility index (Phi) is 5.57. The van der Waals surface area contributed by atoms with Crippen molar-refractivity contribution < 1.29 is 9.59 Å². The molecule has 1 atom stereocenters. The van der Waals surface area contributed by atoms with Crippen LogP contribution in [0.2, 0.25) is 5.02 Å². The van der Waals surface area contributed by atoms with Crippen LogP contribution in [0.1, 0.15) is 17.5 Å². The predicted molar refractivity (Wildman–Crippen MR) is 109 cm³/mol. The second kappa shape index (κ2) is 8.45. The molecule has 1 aliphatic heterocycles. The second-order valence-electron chi connectivity index (χ2n) is 7.05. The molecule has 2 amide bonds. The average Bonchev–Trinajstić information content (AvgIpc) is 3.35. The van der Waals surface area contributed by atoms with E-state index in [1.54, 1.807) is 22.0 Å². The zero-order valence-electron chi connectivity index (χ0n) is 15.7. The minimum absolute atomic E-state index is 0.0340. The number of likely N-dealkylation sites (tertiary alicyclic amines) is 1. The van der Waals surface area contributed by atoms with Crippen LogP contribution in [0, 0.1) is 5.92 Å². The second-order valence-corrected chi connectivity index (χ2v) is 7.45. The zero-order valence-corrected chi connectivity index (χ0v) is 16.4. The summed E-state index contributed by atoms with van der Waals surface area (Å²) < 4.78 is 1.73. The molecule has 1 fully saturated rings. The van der Waals surface area contributed by atoms with Crippen molar-refractivity contribution in [2.24, 2.45) is 5.92 Å². The first kappa shape index (κ1) is 19.1. The van der Waals surface area contributed by atoms with Crippen LogP contribution in [-0.4, -0.2) is 38.0 Å². The van der Waals surface area contributed by atoms with Gasteiger partial charge in [-0.3, -0.25) is 9.59 Å². The lowest BCUT2D eigenvalue weighted by molar-refractivity contribution is -0.128. The van der Waals surface area contributed by atoms with E-state index in [1.807, 2.05) is 42.5 Å². The van der Waals surface area contributed by atoms with Crippen molar-refractivity contribution in [2.75, 3.05) is 11.9 Å². The highest BCUT2D eigenvalue weighted by Gasteiger charge is 2.34. The summed E-state index contributed by atoms with van der Waals surface area (Å²) in [6, 6.07) is 15.0. The lowest BCUT2D eigenvalue weighted by Crippen LogP contribution is -2.28. The van der Waals surface area contributed by atoms with Gasteiger partial charge in [-0.05, 0) is 29.3 Å². The van der Waals surface area contributed by atoms with E-state index in [2.05, 4.69) is 15.4 Å². The summed E-state index contributed by atoms with van der Waals surface area (Å²) in [6.45, 7) is 1.42. The number of carbonyl (C=O) groups is 2. The number of amides is 2. The third-order valence-corrected chi connectivity index (χ3v) is 5.31. The van der Waals surface area contributed by atoms with Crippen molar-refractivity contribution in [3.63, 3.8) is 0 Å². The maximum atomic E-state index is 12.6. The van der Waals surface area contributed by atoms with Gasteiger partial charge >= 0.3 is 0 Å². The van der Waals surface area contributed by atoms with Gasteiger partial charge in [0.1, 0.15) is 12.7 Å². The molecule has 148 valence electrons. The van der Waals surface area contributed by atoms with Crippen molar-refractivity contribution in [3.05, 3.63) is 77.3 Å². The Labute approximate surface area is 173 Å². The maximum Gasteiger partial charge on any atom is 0.229 e. The van der Waals surface area contributed by atoms with Crippen LogP contribution in [0.4, 0.5) is 5.69 Å². The van der Waals surface area contributed by atoms with Crippen LogP contribution >= 0.6 is 11.6 Å². The zero-order chi connectivity index (χ0) is 20.2. The summed E-state index contributed by atoms with van der Waals surface area (Å²) in [5, 5.41) is 7.61. The summed E-state index contributed by atoms with van der Waals surface area (Å²) in [7, 11) is 0. The van der Waals surface area contributed by atoms with E-state index < -0.39 is 0 Å². The van der Waals surface area contributed by atoms with Crippen molar-refractivity contribution in [3.8, 4) is 0 Å². The van der Waals surface area contributed by atoms with E-state index in [4.69, 9.17) is 11.6 Å². The molecule has 7 nitrogen and oxygen atoms in total. The summed E-state index contributed by atoms with van der Waals surface area (Å²) in [6.07, 6.45) is 3.36. The average molecular weight is 410 g/mol. The third kappa shape index (κ3) is 4.63. The summed E-state index contributed by atoms with van der Waals surface area (Å²) in [4.78, 5) is 30.6. The molecule has 1 aromatic heterocycles. The topological polar surface area (TPSA) is 80.1 Å². The number of benzene rings is 2. The largest absolute Gasteiger partial charge is 0.337 e. The number of rotatable bonds is 6. The molecule has 0 radical (unpaired) electrons. The number of halogens is 1. The first-order valence-corrected chi connectivity index (χ1v) is 9.69. The van der Waals surface area contributed by atoms with E-state index in [0.717, 1.165) is 11.1 Å². The molecule has 0 bridgehead atoms. The molecule has 3 aromatic rings. The smallest absolute Gasteiger partial charge is 0.229 e. The third-order valence-electron chi connectivity index (χ3n) is 4.94. The van der Waals surface area contributed by atoms with Crippen molar-refractivity contribution >= 4 is 29.1 Å². The fourth-order valence-corrected chi connectivity index (χ4v) is 3.57. The van der Waals surface area contributed by atoms with Crippen LogP contribution in [0.25, 0.3) is 0 Å². The van der Waals surface area contributed by atoms with E-state index in [0.29, 0.717) is 30.3 Å². The Morgan fingerprint density at radius 1 is 1.14 bits per heavy atom. The molecule has 29 heavy (non-hydrogen) atoms. The quantitative estimate of drug-likeness (QED) is 0.678. The Hall–Kier alpha value is -3.19. The first-order chi connectivity index (χ1) is 14.1. The molecule has 2 aromatic carbocycles. The number of hydrogen-bond donors (Lipinski definition) is 1. The number of anilines is 1. The molecule has 8 heteroatoms. The SMILES string of the molecule is O=C(Nc1ccc(Cn2cncn2)cc1)[C@@H]1CC(=O)N(Cc2ccccc2Cl)C1. The van der Waals surface area contributed by atoms with E-state index in [-0.39, 0.29) is 24.2 Å². The molecule has 1 saturated heterocycles. The highest BCUT2D eigenvalue weighted by molar-refractivity contribution is 6.31. The number of hydrogen-bond acceptors (Lipinski definition) is 4. The van der Waals surface area contributed by atoms with Crippen molar-refractivity contribution in [1.82, 2.24) is 19.7 Å². The fraction of sp³-hybridized carbons (Fsp3) is 0.238. The van der Waals surface area contributed by atoms with Gasteiger partial charge in [0.15, 0.2) is 0 Å². The Bertz CT molecular complexity index is 1000. The Morgan fingerprint density at radius 2 is 1.93 bits per heavy atom. The van der Waals surface area contributed by atoms with E-state index >= 15 is 0 Å². The van der Waals surface area contributed by atoms with Crippen LogP contribution in [-0.2, 0) is 22.7 Å². The minimum atomic E-state index is -0.375. The minimum Gasteiger partial charge on any atom is -0.337 e. The molecule has 0 unspecified atom stereocenters. The molecule has 4 rings (SSSR count). The van der Waals surface area contributed by atoms with Crippen molar-refractivity contribution in [1.29, 1.82) is 0 Å². The predicted octanol–water partition coefficient (Wildman–Crippen LogP) is 2.97. The summed E-state index contributed by atoms with van der Waals surface area (Å²) in [5.74, 6) is -0.558. The highest BCUT2D eigenvalue weighted by Crippen LogP contribution is 2.24. The van der Waals surface area contributed by atoms with E-state index in [9.17, 15) is 9.59 Å². The monoisotopic (exact) mass is 409 g/mol. The number of carbonyl (C=O) groups excluding carboxylic acids is 2. The molecule has 0 saturated carbocycles. The molecule has 1 aliphatic rings. The van der Waals surface area contributed by atoms with Crippen LogP contribution in [0.15, 0.2) is 61.2 Å². The lowest BCUT2D eigenvalue weighted by atomic mass is 10.1. The molecular weight excluding hydrogens is 390 g/mol. The first-order valence-electron chi connectivity index (χ1n) is 9.32. The maximum absolute atomic E-state index is 12.6. The van der Waals surface area contributed by atoms with Gasteiger partial charge < -0.3 is 10.2 Å². The number of nitrogens with zero attached hydrogens (tertiary/aromatic N) is 4. The summed E-state index contributed by atoms with van der Waals surface area (Å²) >= 11 is 6.19. The van der Waals surface area contributed by atoms with Gasteiger partial charge in [-0.1, -0.05) is 41.9 Å². The normalized spacial score (nSPS) is 16.2. The van der Waals surface area contributed by atoms with Crippen molar-refractivity contribution in [2.45, 2.75) is 19.5 Å². The standard InChI is InChI=1S/C21H20ClN5O2/c22-19-4-2-1-3-16(19)11-26-12-17(9-20(26)28)21(29)25-18-7-5-15(6-8-18)10-27-14-23-13-24-27/h1-8,13-14,17H,9-12H2,(H,25,29)/t17-/m1/s1. The molecular formula is C21H20ClN5O2. The van der Waals surface area contributed by atoms with E-state index in [1.165, 1.54) is 6.33 Å². The molecule has 0 spiro atoms. The Morgan fingerprint density at radius 3 is 2.66 bits per heavy atom. The van der Waals surface area contributed by atoms with Crippen LogP contribution in [0.5, 0.6) is 0 Å². The van der Waals surface area contributed by atoms with Gasteiger partial charge in [0.05, 0.1) is 12.5 Å². The summed E-state index contributed by atoms with van der Waals surface area (Å²) in [5.41, 5.74) is 2.64. The highest BCUT2D eigenvalue weighted by atomic mass is 35.5. The Balaban J connectivity index is 1.34. The molecule has 1 N–H and O–H groups in total.